The van der Waals surface area contributed by atoms with Crippen molar-refractivity contribution in [3.05, 3.63) is 33.3 Å². The van der Waals surface area contributed by atoms with E-state index in [2.05, 4.69) is 0 Å². The van der Waals surface area contributed by atoms with Crippen LogP contribution in [0.3, 0.4) is 0 Å². The molecule has 15 heavy (non-hydrogen) atoms. The van der Waals surface area contributed by atoms with Crippen LogP contribution in [0, 0.1) is 0 Å². The summed E-state index contributed by atoms with van der Waals surface area (Å²) in [5.41, 5.74) is 4.71. The van der Waals surface area contributed by atoms with Gasteiger partial charge in [-0.2, -0.15) is 13.2 Å². The molecule has 1 aromatic carbocycles. The second-order valence-electron chi connectivity index (χ2n) is 2.62. The summed E-state index contributed by atoms with van der Waals surface area (Å²) in [6, 6.07) is 1.63. The van der Waals surface area contributed by atoms with Gasteiger partial charge in [-0.25, -0.2) is 0 Å². The van der Waals surface area contributed by atoms with Gasteiger partial charge in [-0.3, -0.25) is 0 Å². The minimum Gasteiger partial charge on any atom is -0.326 e. The number of alkyl halides is 3. The molecule has 1 aromatic rings. The van der Waals surface area contributed by atoms with Crippen LogP contribution in [0.4, 0.5) is 13.2 Å². The summed E-state index contributed by atoms with van der Waals surface area (Å²) in [5, 5.41) is -0.125. The number of benzene rings is 1. The Morgan fingerprint density at radius 2 is 1.53 bits per heavy atom. The van der Waals surface area contributed by atoms with Crippen LogP contribution in [0.5, 0.6) is 0 Å². The molecule has 1 nitrogen and oxygen atoms in total. The summed E-state index contributed by atoms with van der Waals surface area (Å²) in [7, 11) is 0. The Kier molecular flexibility index (Phi) is 5.20. The minimum atomic E-state index is -4.44. The lowest BCUT2D eigenvalue weighted by Gasteiger charge is -2.10. The van der Waals surface area contributed by atoms with Crippen molar-refractivity contribution in [2.75, 3.05) is 0 Å². The molecule has 0 unspecified atom stereocenters. The van der Waals surface area contributed by atoms with Crippen LogP contribution in [0.1, 0.15) is 11.1 Å². The average molecular weight is 281 g/mol. The molecule has 0 aromatic heterocycles. The Hall–Kier alpha value is -0.160. The molecule has 0 aliphatic rings. The Balaban J connectivity index is 0.00000196. The van der Waals surface area contributed by atoms with Crippen LogP contribution in [-0.2, 0) is 12.7 Å². The smallest absolute Gasteiger partial charge is 0.326 e. The molecule has 0 bridgehead atoms. The van der Waals surface area contributed by atoms with E-state index in [0.717, 1.165) is 12.1 Å². The van der Waals surface area contributed by atoms with Gasteiger partial charge in [0.1, 0.15) is 0 Å². The Morgan fingerprint density at radius 1 is 1.13 bits per heavy atom. The van der Waals surface area contributed by atoms with Crippen LogP contribution in [0.2, 0.25) is 10.0 Å². The van der Waals surface area contributed by atoms with E-state index in [1.807, 2.05) is 0 Å². The molecule has 0 aliphatic carbocycles. The predicted molar refractivity (Wildman–Crippen MR) is 56.6 cm³/mol. The molecular formula is C8H7Cl3F3N. The van der Waals surface area contributed by atoms with E-state index in [4.69, 9.17) is 28.9 Å². The van der Waals surface area contributed by atoms with Crippen molar-refractivity contribution < 1.29 is 13.2 Å². The van der Waals surface area contributed by atoms with Crippen molar-refractivity contribution in [3.63, 3.8) is 0 Å². The molecule has 0 fully saturated rings. The van der Waals surface area contributed by atoms with Gasteiger partial charge in [-0.05, 0) is 12.1 Å². The maximum absolute atomic E-state index is 12.2. The number of nitrogens with two attached hydrogens (primary N) is 1. The fourth-order valence-corrected chi connectivity index (χ4v) is 1.60. The van der Waals surface area contributed by atoms with Gasteiger partial charge in [0, 0.05) is 22.2 Å². The third-order valence-corrected chi connectivity index (χ3v) is 2.35. The van der Waals surface area contributed by atoms with Crippen molar-refractivity contribution in [2.24, 2.45) is 5.73 Å². The fourth-order valence-electron chi connectivity index (χ4n) is 0.962. The van der Waals surface area contributed by atoms with Crippen LogP contribution in [0.15, 0.2) is 12.1 Å². The second-order valence-corrected chi connectivity index (χ2v) is 3.43. The number of rotatable bonds is 1. The van der Waals surface area contributed by atoms with Crippen molar-refractivity contribution in [3.8, 4) is 0 Å². The van der Waals surface area contributed by atoms with Crippen molar-refractivity contribution in [1.29, 1.82) is 0 Å². The molecule has 86 valence electrons. The summed E-state index contributed by atoms with van der Waals surface area (Å²) in [4.78, 5) is 0. The van der Waals surface area contributed by atoms with Gasteiger partial charge in [0.15, 0.2) is 0 Å². The number of hydrogen-bond donors (Lipinski definition) is 1. The zero-order valence-electron chi connectivity index (χ0n) is 7.24. The maximum Gasteiger partial charge on any atom is 0.416 e. The highest BCUT2D eigenvalue weighted by atomic mass is 35.5. The Bertz CT molecular complexity index is 328. The van der Waals surface area contributed by atoms with Gasteiger partial charge in [0.25, 0.3) is 0 Å². The first-order valence-corrected chi connectivity index (χ1v) is 4.37. The largest absolute Gasteiger partial charge is 0.416 e. The van der Waals surface area contributed by atoms with Gasteiger partial charge in [0.2, 0.25) is 0 Å². The van der Waals surface area contributed by atoms with Crippen molar-refractivity contribution in [1.82, 2.24) is 0 Å². The Morgan fingerprint density at radius 3 is 1.80 bits per heavy atom. The highest BCUT2D eigenvalue weighted by Crippen LogP contribution is 2.35. The standard InChI is InChI=1S/C8H6Cl2F3N.ClH/c9-6-1-4(8(11,12)13)2-7(10)5(6)3-14;/h1-2H,3,14H2;1H. The van der Waals surface area contributed by atoms with Crippen LogP contribution >= 0.6 is 35.6 Å². The lowest BCUT2D eigenvalue weighted by molar-refractivity contribution is -0.137. The molecule has 0 aliphatic heterocycles. The fraction of sp³-hybridized carbons (Fsp3) is 0.250. The molecule has 0 heterocycles. The van der Waals surface area contributed by atoms with Gasteiger partial charge >= 0.3 is 6.18 Å². The molecule has 7 heteroatoms. The summed E-state index contributed by atoms with van der Waals surface area (Å²) >= 11 is 11.2. The molecule has 0 saturated carbocycles. The van der Waals surface area contributed by atoms with E-state index < -0.39 is 11.7 Å². The first kappa shape index (κ1) is 14.8. The highest BCUT2D eigenvalue weighted by Gasteiger charge is 2.31. The van der Waals surface area contributed by atoms with Gasteiger partial charge in [0.05, 0.1) is 5.56 Å². The maximum atomic E-state index is 12.2. The zero-order valence-corrected chi connectivity index (χ0v) is 9.57. The number of hydrogen-bond acceptors (Lipinski definition) is 1. The van der Waals surface area contributed by atoms with Gasteiger partial charge in [-0.15, -0.1) is 12.4 Å². The molecule has 1 rings (SSSR count). The summed E-state index contributed by atoms with van der Waals surface area (Å²) in [5.74, 6) is 0. The van der Waals surface area contributed by atoms with E-state index in [1.54, 1.807) is 0 Å². The van der Waals surface area contributed by atoms with E-state index in [9.17, 15) is 13.2 Å². The van der Waals surface area contributed by atoms with E-state index >= 15 is 0 Å². The normalized spacial score (nSPS) is 11.1. The number of halogens is 6. The monoisotopic (exact) mass is 279 g/mol. The van der Waals surface area contributed by atoms with E-state index in [0.29, 0.717) is 5.56 Å². The zero-order chi connectivity index (χ0) is 10.9. The topological polar surface area (TPSA) is 26.0 Å². The SMILES string of the molecule is Cl.NCc1c(Cl)cc(C(F)(F)F)cc1Cl. The van der Waals surface area contributed by atoms with Crippen molar-refractivity contribution in [2.45, 2.75) is 12.7 Å². The van der Waals surface area contributed by atoms with Crippen LogP contribution in [0.25, 0.3) is 0 Å². The molecule has 0 radical (unpaired) electrons. The first-order valence-electron chi connectivity index (χ1n) is 3.61. The third-order valence-electron chi connectivity index (χ3n) is 1.67. The van der Waals surface area contributed by atoms with E-state index in [-0.39, 0.29) is 29.0 Å². The second kappa shape index (κ2) is 5.25. The summed E-state index contributed by atoms with van der Waals surface area (Å²) in [6.45, 7) is 0.00973. The molecule has 0 atom stereocenters. The molecule has 0 saturated heterocycles. The lowest BCUT2D eigenvalue weighted by Crippen LogP contribution is -2.07. The quantitative estimate of drug-likeness (QED) is 0.830. The lowest BCUT2D eigenvalue weighted by atomic mass is 10.1. The molecule has 0 spiro atoms. The Labute approximate surface area is 101 Å². The first-order chi connectivity index (χ1) is 6.36. The summed E-state index contributed by atoms with van der Waals surface area (Å²) < 4.78 is 36.7. The van der Waals surface area contributed by atoms with E-state index in [1.165, 1.54) is 0 Å². The molecule has 0 amide bonds. The predicted octanol–water partition coefficient (Wildman–Crippen LogP) is 3.89. The van der Waals surface area contributed by atoms with Crippen LogP contribution in [-0.4, -0.2) is 0 Å². The molecular weight excluding hydrogens is 273 g/mol. The minimum absolute atomic E-state index is 0. The van der Waals surface area contributed by atoms with Gasteiger partial charge < -0.3 is 5.73 Å². The van der Waals surface area contributed by atoms with Crippen LogP contribution < -0.4 is 5.73 Å². The molecule has 2 N–H and O–H groups in total. The summed E-state index contributed by atoms with van der Waals surface area (Å²) in [6.07, 6.45) is -4.44. The van der Waals surface area contributed by atoms with Gasteiger partial charge in [-0.1, -0.05) is 23.2 Å². The average Bonchev–Trinajstić information content (AvgIpc) is 2.01. The highest BCUT2D eigenvalue weighted by molar-refractivity contribution is 6.36. The third kappa shape index (κ3) is 3.41. The van der Waals surface area contributed by atoms with Crippen molar-refractivity contribution >= 4 is 35.6 Å².